The Morgan fingerprint density at radius 1 is 0.395 bits per heavy atom. The standard InChI is InChI=1S/C36H22N2/c1-3-9-26-22(7-1)13-14-24-19-25(16-17-27(24)26)38-34-18-15-23-8-2-4-10-28(23)36(34)31-20-30-29-11-5-6-12-32(29)37-33(30)21-35(31)38/h1-21,37H. The number of hydrogen-bond donors (Lipinski definition) is 1. The molecule has 0 radical (unpaired) electrons. The van der Waals surface area contributed by atoms with Crippen molar-refractivity contribution in [3.8, 4) is 5.69 Å². The predicted octanol–water partition coefficient (Wildman–Crippen LogP) is 9.88. The van der Waals surface area contributed by atoms with Crippen molar-refractivity contribution in [2.24, 2.45) is 0 Å². The first kappa shape index (κ1) is 20.0. The van der Waals surface area contributed by atoms with E-state index in [-0.39, 0.29) is 0 Å². The van der Waals surface area contributed by atoms with Crippen LogP contribution in [-0.4, -0.2) is 9.55 Å². The molecule has 0 amide bonds. The summed E-state index contributed by atoms with van der Waals surface area (Å²) in [5.74, 6) is 0. The maximum Gasteiger partial charge on any atom is 0.0562 e. The summed E-state index contributed by atoms with van der Waals surface area (Å²) in [7, 11) is 0. The second-order valence-electron chi connectivity index (χ2n) is 10.3. The van der Waals surface area contributed by atoms with Crippen LogP contribution in [0.2, 0.25) is 0 Å². The number of nitrogens with one attached hydrogen (secondary N) is 1. The molecular formula is C36H22N2. The van der Waals surface area contributed by atoms with Crippen LogP contribution in [0.15, 0.2) is 127 Å². The molecule has 0 saturated carbocycles. The van der Waals surface area contributed by atoms with E-state index in [0.717, 1.165) is 0 Å². The molecule has 176 valence electrons. The molecule has 0 aliphatic heterocycles. The largest absolute Gasteiger partial charge is 0.354 e. The van der Waals surface area contributed by atoms with Crippen molar-refractivity contribution in [1.29, 1.82) is 0 Å². The predicted molar refractivity (Wildman–Crippen MR) is 163 cm³/mol. The highest BCUT2D eigenvalue weighted by molar-refractivity contribution is 6.25. The maximum atomic E-state index is 3.67. The van der Waals surface area contributed by atoms with Crippen LogP contribution in [0.5, 0.6) is 0 Å². The Bertz CT molecular complexity index is 2400. The van der Waals surface area contributed by atoms with Gasteiger partial charge < -0.3 is 9.55 Å². The van der Waals surface area contributed by atoms with E-state index in [9.17, 15) is 0 Å². The highest BCUT2D eigenvalue weighted by Crippen LogP contribution is 2.40. The molecule has 0 unspecified atom stereocenters. The van der Waals surface area contributed by atoms with Crippen molar-refractivity contribution in [2.45, 2.75) is 0 Å². The number of aromatic amines is 1. The van der Waals surface area contributed by atoms with Crippen LogP contribution >= 0.6 is 0 Å². The van der Waals surface area contributed by atoms with Crippen LogP contribution < -0.4 is 0 Å². The molecule has 2 aromatic heterocycles. The molecule has 0 aliphatic carbocycles. The monoisotopic (exact) mass is 482 g/mol. The number of para-hydroxylation sites is 1. The molecule has 0 bridgehead atoms. The Kier molecular flexibility index (Phi) is 3.82. The van der Waals surface area contributed by atoms with Gasteiger partial charge in [-0.05, 0) is 68.7 Å². The van der Waals surface area contributed by atoms with Gasteiger partial charge in [0.15, 0.2) is 0 Å². The summed E-state index contributed by atoms with van der Waals surface area (Å²) >= 11 is 0. The molecule has 0 saturated heterocycles. The number of benzene rings is 7. The highest BCUT2D eigenvalue weighted by atomic mass is 15.0. The Labute approximate surface area is 218 Å². The summed E-state index contributed by atoms with van der Waals surface area (Å²) in [6.45, 7) is 0. The fourth-order valence-electron chi connectivity index (χ4n) is 6.55. The van der Waals surface area contributed by atoms with E-state index in [2.05, 4.69) is 137 Å². The first-order valence-corrected chi connectivity index (χ1v) is 13.1. The van der Waals surface area contributed by atoms with Gasteiger partial charge in [0.1, 0.15) is 0 Å². The molecule has 2 heteroatoms. The quantitative estimate of drug-likeness (QED) is 0.225. The average molecular weight is 483 g/mol. The number of H-pyrrole nitrogens is 1. The van der Waals surface area contributed by atoms with Crippen molar-refractivity contribution in [1.82, 2.24) is 9.55 Å². The number of aromatic nitrogens is 2. The number of rotatable bonds is 1. The highest BCUT2D eigenvalue weighted by Gasteiger charge is 2.17. The molecule has 2 heterocycles. The summed E-state index contributed by atoms with van der Waals surface area (Å²) in [6.07, 6.45) is 0. The van der Waals surface area contributed by atoms with Gasteiger partial charge in [0.25, 0.3) is 0 Å². The Morgan fingerprint density at radius 2 is 1.08 bits per heavy atom. The zero-order chi connectivity index (χ0) is 24.8. The van der Waals surface area contributed by atoms with Crippen LogP contribution in [0.25, 0.3) is 81.6 Å². The first-order chi connectivity index (χ1) is 18.8. The van der Waals surface area contributed by atoms with Crippen LogP contribution in [-0.2, 0) is 0 Å². The summed E-state index contributed by atoms with van der Waals surface area (Å²) in [5, 5.41) is 12.8. The molecule has 9 aromatic rings. The van der Waals surface area contributed by atoms with E-state index < -0.39 is 0 Å². The smallest absolute Gasteiger partial charge is 0.0562 e. The summed E-state index contributed by atoms with van der Waals surface area (Å²) in [6, 6.07) is 46.6. The molecule has 9 rings (SSSR count). The minimum absolute atomic E-state index is 1.17. The molecule has 0 spiro atoms. The molecule has 7 aromatic carbocycles. The van der Waals surface area contributed by atoms with Gasteiger partial charge in [-0.15, -0.1) is 0 Å². The van der Waals surface area contributed by atoms with Crippen molar-refractivity contribution >= 4 is 75.9 Å². The zero-order valence-corrected chi connectivity index (χ0v) is 20.6. The van der Waals surface area contributed by atoms with Gasteiger partial charge in [-0.1, -0.05) is 91.0 Å². The Morgan fingerprint density at radius 3 is 1.97 bits per heavy atom. The molecule has 38 heavy (non-hydrogen) atoms. The Hall–Kier alpha value is -5.08. The topological polar surface area (TPSA) is 20.7 Å². The van der Waals surface area contributed by atoms with E-state index in [1.165, 1.54) is 81.6 Å². The van der Waals surface area contributed by atoms with Crippen LogP contribution in [0, 0.1) is 0 Å². The normalized spacial score (nSPS) is 12.2. The van der Waals surface area contributed by atoms with Crippen molar-refractivity contribution in [3.05, 3.63) is 127 Å². The molecule has 0 aliphatic rings. The lowest BCUT2D eigenvalue weighted by atomic mass is 10.0. The van der Waals surface area contributed by atoms with Gasteiger partial charge in [0, 0.05) is 38.3 Å². The lowest BCUT2D eigenvalue weighted by Crippen LogP contribution is -1.94. The maximum absolute atomic E-state index is 3.67. The Balaban J connectivity index is 1.45. The lowest BCUT2D eigenvalue weighted by molar-refractivity contribution is 1.19. The minimum atomic E-state index is 1.17. The lowest BCUT2D eigenvalue weighted by Gasteiger charge is -2.11. The third-order valence-electron chi connectivity index (χ3n) is 8.27. The molecule has 0 fully saturated rings. The summed E-state index contributed by atoms with van der Waals surface area (Å²) in [5.41, 5.74) is 5.97. The van der Waals surface area contributed by atoms with Gasteiger partial charge >= 0.3 is 0 Å². The van der Waals surface area contributed by atoms with Crippen molar-refractivity contribution in [3.63, 3.8) is 0 Å². The van der Waals surface area contributed by atoms with Crippen molar-refractivity contribution < 1.29 is 0 Å². The van der Waals surface area contributed by atoms with Crippen molar-refractivity contribution in [2.75, 3.05) is 0 Å². The van der Waals surface area contributed by atoms with E-state index in [1.54, 1.807) is 0 Å². The van der Waals surface area contributed by atoms with Gasteiger partial charge in [0.2, 0.25) is 0 Å². The molecule has 0 atom stereocenters. The van der Waals surface area contributed by atoms with E-state index in [4.69, 9.17) is 0 Å². The van der Waals surface area contributed by atoms with Gasteiger partial charge in [-0.25, -0.2) is 0 Å². The third kappa shape index (κ3) is 2.61. The summed E-state index contributed by atoms with van der Waals surface area (Å²) in [4.78, 5) is 3.67. The second-order valence-corrected chi connectivity index (χ2v) is 10.3. The summed E-state index contributed by atoms with van der Waals surface area (Å²) < 4.78 is 2.44. The minimum Gasteiger partial charge on any atom is -0.354 e. The SMILES string of the molecule is c1ccc2c(c1)ccc1cc(-n3c4cc5[nH]c6ccccc6c5cc4c4c5ccccc5ccc43)ccc12. The van der Waals surface area contributed by atoms with Gasteiger partial charge in [-0.3, -0.25) is 0 Å². The zero-order valence-electron chi connectivity index (χ0n) is 20.6. The van der Waals surface area contributed by atoms with E-state index >= 15 is 0 Å². The third-order valence-corrected chi connectivity index (χ3v) is 8.27. The second kappa shape index (κ2) is 7.24. The number of nitrogens with zero attached hydrogens (tertiary/aromatic N) is 1. The van der Waals surface area contributed by atoms with E-state index in [0.29, 0.717) is 0 Å². The van der Waals surface area contributed by atoms with Crippen LogP contribution in [0.4, 0.5) is 0 Å². The van der Waals surface area contributed by atoms with Crippen LogP contribution in [0.1, 0.15) is 0 Å². The molecular weight excluding hydrogens is 460 g/mol. The number of fused-ring (bicyclic) bond motifs is 11. The fourth-order valence-corrected chi connectivity index (χ4v) is 6.55. The number of hydrogen-bond acceptors (Lipinski definition) is 0. The van der Waals surface area contributed by atoms with Gasteiger partial charge in [0.05, 0.1) is 11.0 Å². The fraction of sp³-hybridized carbons (Fsp3) is 0. The molecule has 2 nitrogen and oxygen atoms in total. The average Bonchev–Trinajstić information content (AvgIpc) is 3.50. The molecule has 1 N–H and O–H groups in total. The first-order valence-electron chi connectivity index (χ1n) is 13.1. The van der Waals surface area contributed by atoms with Crippen LogP contribution in [0.3, 0.4) is 0 Å². The van der Waals surface area contributed by atoms with Gasteiger partial charge in [-0.2, -0.15) is 0 Å². The van der Waals surface area contributed by atoms with E-state index in [1.807, 2.05) is 0 Å².